The fourth-order valence-corrected chi connectivity index (χ4v) is 7.61. The van der Waals surface area contributed by atoms with Crippen molar-refractivity contribution in [1.29, 1.82) is 0 Å². The van der Waals surface area contributed by atoms with Gasteiger partial charge in [0.25, 0.3) is 11.8 Å². The van der Waals surface area contributed by atoms with Crippen molar-refractivity contribution in [3.8, 4) is 0 Å². The second-order valence-electron chi connectivity index (χ2n) is 13.0. The molecule has 214 valence electrons. The molecule has 1 spiro atoms. The Morgan fingerprint density at radius 3 is 2.18 bits per heavy atom. The number of hydrogen-bond donors (Lipinski definition) is 2. The molecule has 5 fully saturated rings. The molecule has 2 unspecified atom stereocenters. The fourth-order valence-electron chi connectivity index (χ4n) is 7.61. The van der Waals surface area contributed by atoms with Crippen LogP contribution in [0.1, 0.15) is 93.8 Å². The van der Waals surface area contributed by atoms with Crippen LogP contribution in [0, 0.1) is 11.7 Å². The normalized spacial score (nSPS) is 28.7. The minimum atomic E-state index is -1.19. The van der Waals surface area contributed by atoms with E-state index in [-0.39, 0.29) is 22.9 Å². The summed E-state index contributed by atoms with van der Waals surface area (Å²) in [6.07, 6.45) is 15.4. The van der Waals surface area contributed by atoms with E-state index in [0.717, 1.165) is 25.2 Å². The number of carbonyl (C=O) groups is 2. The molecule has 2 N–H and O–H groups in total. The first kappa shape index (κ1) is 27.0. The summed E-state index contributed by atoms with van der Waals surface area (Å²) in [5, 5.41) is 14.2. The number of rotatable bonds is 3. The summed E-state index contributed by atoms with van der Waals surface area (Å²) in [5.74, 6) is -0.352. The van der Waals surface area contributed by atoms with E-state index in [1.54, 1.807) is 15.9 Å². The average molecular weight is 541 g/mol. The Morgan fingerprint density at radius 1 is 0.846 bits per heavy atom. The number of hydrogen-bond acceptors (Lipinski definition) is 5. The lowest BCUT2D eigenvalue weighted by Gasteiger charge is -2.51. The van der Waals surface area contributed by atoms with Gasteiger partial charge in [0.1, 0.15) is 11.4 Å². The number of aliphatic hydroxyl groups is 1. The smallest absolute Gasteiger partial charge is 0.256 e. The van der Waals surface area contributed by atoms with Crippen LogP contribution < -0.4 is 10.2 Å². The maximum Gasteiger partial charge on any atom is 0.256 e. The molecule has 2 aliphatic carbocycles. The number of piperazine rings is 1. The van der Waals surface area contributed by atoms with Crippen molar-refractivity contribution < 1.29 is 19.1 Å². The van der Waals surface area contributed by atoms with E-state index < -0.39 is 11.4 Å². The van der Waals surface area contributed by atoms with Crippen molar-refractivity contribution in [2.75, 3.05) is 44.2 Å². The average Bonchev–Trinajstić information content (AvgIpc) is 3.69. The summed E-state index contributed by atoms with van der Waals surface area (Å²) in [7, 11) is 0. The van der Waals surface area contributed by atoms with Gasteiger partial charge >= 0.3 is 0 Å². The predicted octanol–water partition coefficient (Wildman–Crippen LogP) is 4.09. The zero-order valence-electron chi connectivity index (χ0n) is 23.3. The molecule has 3 saturated heterocycles. The summed E-state index contributed by atoms with van der Waals surface area (Å²) in [6.45, 7) is 3.26. The maximum atomic E-state index is 15.3. The molecular formula is C31H45FN4O3. The van der Waals surface area contributed by atoms with Crippen molar-refractivity contribution in [3.63, 3.8) is 0 Å². The van der Waals surface area contributed by atoms with E-state index in [9.17, 15) is 14.7 Å². The number of halogens is 1. The molecule has 2 saturated carbocycles. The monoisotopic (exact) mass is 540 g/mol. The molecule has 3 aliphatic heterocycles. The van der Waals surface area contributed by atoms with Crippen molar-refractivity contribution >= 4 is 17.5 Å². The summed E-state index contributed by atoms with van der Waals surface area (Å²) >= 11 is 0. The molecule has 0 radical (unpaired) electrons. The van der Waals surface area contributed by atoms with Gasteiger partial charge < -0.3 is 25.1 Å². The minimum absolute atomic E-state index is 0.0922. The van der Waals surface area contributed by atoms with Crippen molar-refractivity contribution in [1.82, 2.24) is 15.1 Å². The SMILES string of the molecule is O=C(c1ccc(N2CCC3CCC4(CCCCCCCC4)NC3C2)cc1F)N1CCN(C(=O)C2(O)CC2)CC1. The third kappa shape index (κ3) is 5.69. The Bertz CT molecular complexity index is 1060. The van der Waals surface area contributed by atoms with E-state index >= 15 is 4.39 Å². The van der Waals surface area contributed by atoms with Crippen LogP contribution in [0.5, 0.6) is 0 Å². The first-order valence-corrected chi connectivity index (χ1v) is 15.5. The summed E-state index contributed by atoms with van der Waals surface area (Å²) in [6, 6.07) is 5.51. The number of piperidine rings is 2. The Balaban J connectivity index is 1.07. The van der Waals surface area contributed by atoms with Crippen molar-refractivity contribution in [2.45, 2.75) is 101 Å². The van der Waals surface area contributed by atoms with Crippen LogP contribution in [0.25, 0.3) is 0 Å². The first-order valence-electron chi connectivity index (χ1n) is 15.5. The second-order valence-corrected chi connectivity index (χ2v) is 13.0. The molecule has 7 nitrogen and oxygen atoms in total. The number of anilines is 1. The molecule has 3 heterocycles. The van der Waals surface area contributed by atoms with Gasteiger partial charge in [-0.1, -0.05) is 38.5 Å². The Hall–Kier alpha value is -2.19. The molecule has 6 rings (SSSR count). The first-order chi connectivity index (χ1) is 18.9. The van der Waals surface area contributed by atoms with Crippen molar-refractivity contribution in [2.24, 2.45) is 5.92 Å². The Kier molecular flexibility index (Phi) is 7.62. The number of benzene rings is 1. The van der Waals surface area contributed by atoms with Crippen LogP contribution in [-0.2, 0) is 4.79 Å². The van der Waals surface area contributed by atoms with Crippen LogP contribution >= 0.6 is 0 Å². The third-order valence-electron chi connectivity index (χ3n) is 10.3. The Labute approximate surface area is 232 Å². The predicted molar refractivity (Wildman–Crippen MR) is 149 cm³/mol. The zero-order valence-corrected chi connectivity index (χ0v) is 23.3. The molecule has 5 aliphatic rings. The summed E-state index contributed by atoms with van der Waals surface area (Å²) in [5.41, 5.74) is 0.0346. The van der Waals surface area contributed by atoms with Gasteiger partial charge in [-0.15, -0.1) is 0 Å². The minimum Gasteiger partial charge on any atom is -0.380 e. The number of carbonyl (C=O) groups excluding carboxylic acids is 2. The fraction of sp³-hybridized carbons (Fsp3) is 0.742. The molecule has 2 atom stereocenters. The van der Waals surface area contributed by atoms with Gasteiger partial charge in [0.2, 0.25) is 0 Å². The molecule has 2 amide bonds. The second kappa shape index (κ2) is 11.0. The van der Waals surface area contributed by atoms with E-state index in [2.05, 4.69) is 10.2 Å². The number of amides is 2. The molecule has 8 heteroatoms. The van der Waals surface area contributed by atoms with Crippen LogP contribution in [0.2, 0.25) is 0 Å². The molecule has 39 heavy (non-hydrogen) atoms. The van der Waals surface area contributed by atoms with Crippen molar-refractivity contribution in [3.05, 3.63) is 29.6 Å². The quantitative estimate of drug-likeness (QED) is 0.604. The van der Waals surface area contributed by atoms with Gasteiger partial charge in [-0.05, 0) is 69.1 Å². The van der Waals surface area contributed by atoms with Gasteiger partial charge in [0, 0.05) is 56.5 Å². The van der Waals surface area contributed by atoms with Gasteiger partial charge in [-0.2, -0.15) is 0 Å². The highest BCUT2D eigenvalue weighted by Crippen LogP contribution is 2.40. The van der Waals surface area contributed by atoms with Crippen LogP contribution in [0.3, 0.4) is 0 Å². The largest absolute Gasteiger partial charge is 0.380 e. The van der Waals surface area contributed by atoms with Crippen LogP contribution in [0.15, 0.2) is 18.2 Å². The number of fused-ring (bicyclic) bond motifs is 1. The molecule has 1 aromatic rings. The molecule has 0 aromatic heterocycles. The lowest BCUT2D eigenvalue weighted by molar-refractivity contribution is -0.143. The lowest BCUT2D eigenvalue weighted by atomic mass is 9.73. The summed E-state index contributed by atoms with van der Waals surface area (Å²) < 4.78 is 15.3. The molecule has 0 bridgehead atoms. The molecule has 1 aromatic carbocycles. The van der Waals surface area contributed by atoms with E-state index in [4.69, 9.17) is 0 Å². The van der Waals surface area contributed by atoms with Crippen LogP contribution in [-0.4, -0.2) is 83.2 Å². The van der Waals surface area contributed by atoms with E-state index in [1.807, 2.05) is 6.07 Å². The zero-order chi connectivity index (χ0) is 27.0. The highest BCUT2D eigenvalue weighted by molar-refractivity contribution is 5.95. The lowest BCUT2D eigenvalue weighted by Crippen LogP contribution is -2.62. The number of nitrogens with zero attached hydrogens (tertiary/aromatic N) is 3. The third-order valence-corrected chi connectivity index (χ3v) is 10.3. The number of nitrogens with one attached hydrogen (secondary N) is 1. The summed E-state index contributed by atoms with van der Waals surface area (Å²) in [4.78, 5) is 31.1. The standard InChI is InChI=1S/C31H45FN4O3/c32-26-21-24(7-8-25(26)28(37)34-17-19-35(20-18-34)29(38)31(39)14-15-31)36-16-10-23-9-13-30(33-27(23)22-36)11-5-3-1-2-4-6-12-30/h7-8,21,23,27,33,39H,1-6,9-20,22H2. The maximum absolute atomic E-state index is 15.3. The highest BCUT2D eigenvalue weighted by Gasteiger charge is 2.50. The van der Waals surface area contributed by atoms with Gasteiger partial charge in [0.05, 0.1) is 5.56 Å². The van der Waals surface area contributed by atoms with E-state index in [1.165, 1.54) is 70.3 Å². The van der Waals surface area contributed by atoms with Gasteiger partial charge in [0.15, 0.2) is 0 Å². The van der Waals surface area contributed by atoms with Gasteiger partial charge in [-0.25, -0.2) is 4.39 Å². The molecular weight excluding hydrogens is 495 g/mol. The topological polar surface area (TPSA) is 76.1 Å². The van der Waals surface area contributed by atoms with E-state index in [0.29, 0.717) is 51.0 Å². The highest BCUT2D eigenvalue weighted by atomic mass is 19.1. The Morgan fingerprint density at radius 2 is 1.51 bits per heavy atom. The van der Waals surface area contributed by atoms with Crippen LogP contribution in [0.4, 0.5) is 10.1 Å². The van der Waals surface area contributed by atoms with Gasteiger partial charge in [-0.3, -0.25) is 9.59 Å².